The van der Waals surface area contributed by atoms with Gasteiger partial charge in [-0.3, -0.25) is 4.79 Å². The third-order valence-electron chi connectivity index (χ3n) is 3.51. The lowest BCUT2D eigenvalue weighted by atomic mass is 10.2. The molecule has 7 heteroatoms. The first-order chi connectivity index (χ1) is 11.9. The molecule has 0 radical (unpaired) electrons. The van der Waals surface area contributed by atoms with Crippen molar-refractivity contribution in [2.24, 2.45) is 0 Å². The van der Waals surface area contributed by atoms with E-state index < -0.39 is 0 Å². The van der Waals surface area contributed by atoms with Crippen LogP contribution >= 0.6 is 34.5 Å². The molecule has 1 amide bonds. The third kappa shape index (κ3) is 4.12. The molecule has 0 fully saturated rings. The Morgan fingerprint density at radius 2 is 1.96 bits per heavy atom. The van der Waals surface area contributed by atoms with E-state index in [-0.39, 0.29) is 16.8 Å². The molecule has 128 valence electrons. The van der Waals surface area contributed by atoms with E-state index in [1.807, 2.05) is 26.0 Å². The van der Waals surface area contributed by atoms with Crippen LogP contribution in [0.2, 0.25) is 10.0 Å². The number of hydrogen-bond acceptors (Lipinski definition) is 4. The van der Waals surface area contributed by atoms with Crippen molar-refractivity contribution in [2.75, 3.05) is 5.32 Å². The zero-order valence-corrected chi connectivity index (χ0v) is 15.8. The van der Waals surface area contributed by atoms with E-state index >= 15 is 0 Å². The van der Waals surface area contributed by atoms with E-state index in [9.17, 15) is 4.79 Å². The van der Waals surface area contributed by atoms with Gasteiger partial charge in [0.15, 0.2) is 5.75 Å². The fourth-order valence-electron chi connectivity index (χ4n) is 2.11. The Morgan fingerprint density at radius 3 is 2.64 bits per heavy atom. The van der Waals surface area contributed by atoms with Gasteiger partial charge in [-0.25, -0.2) is 4.98 Å². The van der Waals surface area contributed by atoms with Gasteiger partial charge in [0.1, 0.15) is 5.02 Å². The predicted octanol–water partition coefficient (Wildman–Crippen LogP) is 6.11. The minimum atomic E-state index is -0.188. The van der Waals surface area contributed by atoms with Gasteiger partial charge in [0.05, 0.1) is 15.6 Å². The normalized spacial score (nSPS) is 10.6. The summed E-state index contributed by atoms with van der Waals surface area (Å²) in [6, 6.07) is 10.5. The summed E-state index contributed by atoms with van der Waals surface area (Å²) in [5.74, 6) is 0.473. The van der Waals surface area contributed by atoms with Crippen molar-refractivity contribution in [3.8, 4) is 11.6 Å². The van der Waals surface area contributed by atoms with Crippen LogP contribution in [0.3, 0.4) is 0 Å². The van der Waals surface area contributed by atoms with E-state index in [1.165, 1.54) is 17.5 Å². The highest BCUT2D eigenvalue weighted by atomic mass is 35.5. The summed E-state index contributed by atoms with van der Waals surface area (Å²) in [5.41, 5.74) is 1.63. The SMILES string of the molecule is Cc1cc(C(=O)Nc2ccccc2Oc2ncc(Cl)cc2Cl)sc1C. The summed E-state index contributed by atoms with van der Waals surface area (Å²) in [6.07, 6.45) is 1.45. The number of aryl methyl sites for hydroxylation is 2. The van der Waals surface area contributed by atoms with Gasteiger partial charge >= 0.3 is 0 Å². The predicted molar refractivity (Wildman–Crippen MR) is 103 cm³/mol. The van der Waals surface area contributed by atoms with Crippen molar-refractivity contribution >= 4 is 46.1 Å². The lowest BCUT2D eigenvalue weighted by Crippen LogP contribution is -2.11. The summed E-state index contributed by atoms with van der Waals surface area (Å²) in [5, 5.41) is 3.58. The second kappa shape index (κ2) is 7.44. The van der Waals surface area contributed by atoms with Gasteiger partial charge in [-0.15, -0.1) is 11.3 Å². The first-order valence-corrected chi connectivity index (χ1v) is 8.97. The van der Waals surface area contributed by atoms with Gasteiger partial charge in [-0.05, 0) is 43.7 Å². The van der Waals surface area contributed by atoms with Crippen LogP contribution in [0.5, 0.6) is 11.6 Å². The standard InChI is InChI=1S/C18H14Cl2N2O2S/c1-10-7-16(25-11(10)2)17(23)22-14-5-3-4-6-15(14)24-18-13(20)8-12(19)9-21-18/h3-9H,1-2H3,(H,22,23). The Kier molecular flexibility index (Phi) is 5.27. The van der Waals surface area contributed by atoms with Crippen LogP contribution in [-0.2, 0) is 0 Å². The number of benzene rings is 1. The molecule has 1 N–H and O–H groups in total. The number of nitrogens with zero attached hydrogens (tertiary/aromatic N) is 1. The van der Waals surface area contributed by atoms with Crippen LogP contribution in [0.15, 0.2) is 42.6 Å². The molecule has 2 heterocycles. The Morgan fingerprint density at radius 1 is 1.20 bits per heavy atom. The average Bonchev–Trinajstić information content (AvgIpc) is 2.91. The summed E-state index contributed by atoms with van der Waals surface area (Å²) in [7, 11) is 0. The Hall–Kier alpha value is -2.08. The molecule has 0 saturated carbocycles. The smallest absolute Gasteiger partial charge is 0.265 e. The van der Waals surface area contributed by atoms with Crippen LogP contribution in [0.25, 0.3) is 0 Å². The number of halogens is 2. The summed E-state index contributed by atoms with van der Waals surface area (Å²) >= 11 is 13.4. The molecule has 4 nitrogen and oxygen atoms in total. The molecule has 1 aromatic carbocycles. The maximum Gasteiger partial charge on any atom is 0.265 e. The summed E-state index contributed by atoms with van der Waals surface area (Å²) < 4.78 is 5.75. The Balaban J connectivity index is 1.84. The fourth-order valence-corrected chi connectivity index (χ4v) is 3.46. The van der Waals surface area contributed by atoms with Crippen molar-refractivity contribution in [2.45, 2.75) is 13.8 Å². The maximum atomic E-state index is 12.5. The lowest BCUT2D eigenvalue weighted by Gasteiger charge is -2.12. The monoisotopic (exact) mass is 392 g/mol. The van der Waals surface area contributed by atoms with Crippen LogP contribution in [-0.4, -0.2) is 10.9 Å². The number of hydrogen-bond donors (Lipinski definition) is 1. The molecule has 25 heavy (non-hydrogen) atoms. The van der Waals surface area contributed by atoms with Crippen LogP contribution in [0, 0.1) is 13.8 Å². The molecule has 3 rings (SSSR count). The average molecular weight is 393 g/mol. The molecule has 0 aliphatic rings. The third-order valence-corrected chi connectivity index (χ3v) is 5.13. The minimum absolute atomic E-state index is 0.188. The molecule has 0 saturated heterocycles. The first kappa shape index (κ1) is 17.7. The molecule has 0 aliphatic carbocycles. The number of carbonyl (C=O) groups excluding carboxylic acids is 1. The second-order valence-corrected chi connectivity index (χ2v) is 7.44. The van der Waals surface area contributed by atoms with E-state index in [4.69, 9.17) is 27.9 Å². The van der Waals surface area contributed by atoms with E-state index in [0.29, 0.717) is 21.3 Å². The molecule has 0 aliphatic heterocycles. The van der Waals surface area contributed by atoms with Crippen LogP contribution in [0.4, 0.5) is 5.69 Å². The van der Waals surface area contributed by atoms with Gasteiger partial charge in [0, 0.05) is 11.1 Å². The highest BCUT2D eigenvalue weighted by Crippen LogP contribution is 2.33. The number of anilines is 1. The quantitative estimate of drug-likeness (QED) is 0.582. The van der Waals surface area contributed by atoms with Gasteiger partial charge < -0.3 is 10.1 Å². The maximum absolute atomic E-state index is 12.5. The topological polar surface area (TPSA) is 51.2 Å². The number of pyridine rings is 1. The number of rotatable bonds is 4. The Bertz CT molecular complexity index is 921. The minimum Gasteiger partial charge on any atom is -0.435 e. The molecule has 0 unspecified atom stereocenters. The van der Waals surface area contributed by atoms with Crippen molar-refractivity contribution in [3.05, 3.63) is 68.0 Å². The number of nitrogens with one attached hydrogen (secondary N) is 1. The van der Waals surface area contributed by atoms with Crippen LogP contribution in [0.1, 0.15) is 20.1 Å². The van der Waals surface area contributed by atoms with Gasteiger partial charge in [-0.2, -0.15) is 0 Å². The zero-order valence-electron chi connectivity index (χ0n) is 13.5. The van der Waals surface area contributed by atoms with E-state index in [1.54, 1.807) is 24.3 Å². The van der Waals surface area contributed by atoms with E-state index in [2.05, 4.69) is 10.3 Å². The molecule has 0 atom stereocenters. The zero-order chi connectivity index (χ0) is 18.0. The van der Waals surface area contributed by atoms with E-state index in [0.717, 1.165) is 10.4 Å². The number of aromatic nitrogens is 1. The van der Waals surface area contributed by atoms with Gasteiger partial charge in [-0.1, -0.05) is 35.3 Å². The second-order valence-electron chi connectivity index (χ2n) is 5.34. The molecule has 3 aromatic rings. The van der Waals surface area contributed by atoms with Crippen LogP contribution < -0.4 is 10.1 Å². The van der Waals surface area contributed by atoms with Crippen molar-refractivity contribution in [1.29, 1.82) is 0 Å². The summed E-state index contributed by atoms with van der Waals surface area (Å²) in [4.78, 5) is 18.3. The first-order valence-electron chi connectivity index (χ1n) is 7.40. The fraction of sp³-hybridized carbons (Fsp3) is 0.111. The number of amides is 1. The molecule has 0 bridgehead atoms. The molecular formula is C18H14Cl2N2O2S. The number of carbonyl (C=O) groups is 1. The Labute approximate surface area is 159 Å². The number of para-hydroxylation sites is 2. The summed E-state index contributed by atoms with van der Waals surface area (Å²) in [6.45, 7) is 3.97. The lowest BCUT2D eigenvalue weighted by molar-refractivity contribution is 0.103. The van der Waals surface area contributed by atoms with Crippen molar-refractivity contribution in [1.82, 2.24) is 4.98 Å². The highest BCUT2D eigenvalue weighted by Gasteiger charge is 2.14. The van der Waals surface area contributed by atoms with Crippen molar-refractivity contribution < 1.29 is 9.53 Å². The largest absolute Gasteiger partial charge is 0.435 e. The van der Waals surface area contributed by atoms with Crippen molar-refractivity contribution in [3.63, 3.8) is 0 Å². The number of ether oxygens (including phenoxy) is 1. The van der Waals surface area contributed by atoms with Gasteiger partial charge in [0.25, 0.3) is 5.91 Å². The molecule has 0 spiro atoms. The van der Waals surface area contributed by atoms with Gasteiger partial charge in [0.2, 0.25) is 5.88 Å². The number of thiophene rings is 1. The molecular weight excluding hydrogens is 379 g/mol. The highest BCUT2D eigenvalue weighted by molar-refractivity contribution is 7.14. The molecule has 2 aromatic heterocycles.